The predicted octanol–water partition coefficient (Wildman–Crippen LogP) is 3.03. The molecule has 0 unspecified atom stereocenters. The van der Waals surface area contributed by atoms with Crippen molar-refractivity contribution in [1.29, 1.82) is 0 Å². The zero-order chi connectivity index (χ0) is 13.8. The normalized spacial score (nSPS) is 15.2. The van der Waals surface area contributed by atoms with Gasteiger partial charge in [0.2, 0.25) is 0 Å². The summed E-state index contributed by atoms with van der Waals surface area (Å²) in [6, 6.07) is 14.1. The fourth-order valence-corrected chi connectivity index (χ4v) is 2.31. The Morgan fingerprint density at radius 1 is 0.950 bits per heavy atom. The van der Waals surface area contributed by atoms with Gasteiger partial charge in [0.15, 0.2) is 0 Å². The summed E-state index contributed by atoms with van der Waals surface area (Å²) in [6.07, 6.45) is 0. The number of anilines is 1. The first-order chi connectivity index (χ1) is 9.81. The average molecular weight is 272 g/mol. The second kappa shape index (κ2) is 5.92. The summed E-state index contributed by atoms with van der Waals surface area (Å²) in [5, 5.41) is 3.33. The van der Waals surface area contributed by atoms with Crippen LogP contribution >= 0.6 is 0 Å². The van der Waals surface area contributed by atoms with E-state index in [4.69, 9.17) is 4.74 Å². The summed E-state index contributed by atoms with van der Waals surface area (Å²) in [6.45, 7) is 4.07. The molecule has 1 heterocycles. The molecule has 20 heavy (non-hydrogen) atoms. The second-order valence-electron chi connectivity index (χ2n) is 4.79. The van der Waals surface area contributed by atoms with Crippen LogP contribution in [0.1, 0.15) is 0 Å². The quantitative estimate of drug-likeness (QED) is 0.929. The maximum Gasteiger partial charge on any atom is 0.130 e. The number of hydrogen-bond donors (Lipinski definition) is 1. The molecule has 4 heteroatoms. The van der Waals surface area contributed by atoms with Gasteiger partial charge in [-0.05, 0) is 36.4 Å². The summed E-state index contributed by atoms with van der Waals surface area (Å²) < 4.78 is 18.7. The molecule has 1 N–H and O–H groups in total. The minimum atomic E-state index is -0.292. The molecule has 0 bridgehead atoms. The number of piperazine rings is 1. The zero-order valence-electron chi connectivity index (χ0n) is 11.2. The van der Waals surface area contributed by atoms with Crippen LogP contribution in [0.3, 0.4) is 0 Å². The van der Waals surface area contributed by atoms with Crippen molar-refractivity contribution in [3.63, 3.8) is 0 Å². The highest BCUT2D eigenvalue weighted by molar-refractivity contribution is 5.50. The van der Waals surface area contributed by atoms with Crippen molar-refractivity contribution < 1.29 is 9.13 Å². The van der Waals surface area contributed by atoms with Gasteiger partial charge in [-0.25, -0.2) is 4.39 Å². The fourth-order valence-electron chi connectivity index (χ4n) is 2.31. The SMILES string of the molecule is Fc1cccc(Oc2ccc(N3CCNCC3)cc2)c1. The molecule has 2 aromatic carbocycles. The molecule has 3 nitrogen and oxygen atoms in total. The standard InChI is InChI=1S/C16H17FN2O/c17-13-2-1-3-16(12-13)20-15-6-4-14(5-7-15)19-10-8-18-9-11-19/h1-7,12,18H,8-11H2. The van der Waals surface area contributed by atoms with Crippen LogP contribution in [0, 0.1) is 5.82 Å². The van der Waals surface area contributed by atoms with E-state index in [9.17, 15) is 4.39 Å². The molecule has 1 fully saturated rings. The first-order valence-electron chi connectivity index (χ1n) is 6.80. The van der Waals surface area contributed by atoms with Gasteiger partial charge in [-0.2, -0.15) is 0 Å². The molecule has 0 spiro atoms. The second-order valence-corrected chi connectivity index (χ2v) is 4.79. The summed E-state index contributed by atoms with van der Waals surface area (Å²) in [7, 11) is 0. The van der Waals surface area contributed by atoms with E-state index in [-0.39, 0.29) is 5.82 Å². The highest BCUT2D eigenvalue weighted by Crippen LogP contribution is 2.25. The molecule has 1 saturated heterocycles. The van der Waals surface area contributed by atoms with Gasteiger partial charge in [0.05, 0.1) is 0 Å². The van der Waals surface area contributed by atoms with E-state index < -0.39 is 0 Å². The number of hydrogen-bond acceptors (Lipinski definition) is 3. The van der Waals surface area contributed by atoms with Crippen LogP contribution in [0.4, 0.5) is 10.1 Å². The minimum Gasteiger partial charge on any atom is -0.457 e. The van der Waals surface area contributed by atoms with Crippen molar-refractivity contribution in [1.82, 2.24) is 5.32 Å². The van der Waals surface area contributed by atoms with E-state index in [2.05, 4.69) is 10.2 Å². The molecule has 0 saturated carbocycles. The van der Waals surface area contributed by atoms with E-state index in [1.807, 2.05) is 24.3 Å². The molecule has 104 valence electrons. The maximum absolute atomic E-state index is 13.1. The van der Waals surface area contributed by atoms with E-state index in [1.165, 1.54) is 17.8 Å². The lowest BCUT2D eigenvalue weighted by Crippen LogP contribution is -2.43. The highest BCUT2D eigenvalue weighted by atomic mass is 19.1. The molecule has 0 atom stereocenters. The lowest BCUT2D eigenvalue weighted by molar-refractivity contribution is 0.476. The predicted molar refractivity (Wildman–Crippen MR) is 78.0 cm³/mol. The molecule has 0 aromatic heterocycles. The van der Waals surface area contributed by atoms with Crippen molar-refractivity contribution >= 4 is 5.69 Å². The molecule has 0 amide bonds. The minimum absolute atomic E-state index is 0.292. The summed E-state index contributed by atoms with van der Waals surface area (Å²) in [5.74, 6) is 0.939. The van der Waals surface area contributed by atoms with Crippen LogP contribution in [-0.2, 0) is 0 Å². The monoisotopic (exact) mass is 272 g/mol. The molecule has 3 rings (SSSR count). The molecule has 1 aliphatic rings. The Morgan fingerprint density at radius 3 is 2.40 bits per heavy atom. The number of rotatable bonds is 3. The highest BCUT2D eigenvalue weighted by Gasteiger charge is 2.10. The van der Waals surface area contributed by atoms with Crippen LogP contribution in [-0.4, -0.2) is 26.2 Å². The van der Waals surface area contributed by atoms with Crippen LogP contribution in [0.15, 0.2) is 48.5 Å². The number of halogens is 1. The van der Waals surface area contributed by atoms with E-state index >= 15 is 0 Å². The van der Waals surface area contributed by atoms with Crippen molar-refractivity contribution in [3.8, 4) is 11.5 Å². The molecule has 0 aliphatic carbocycles. The largest absolute Gasteiger partial charge is 0.457 e. The van der Waals surface area contributed by atoms with Crippen LogP contribution < -0.4 is 15.0 Å². The molecule has 1 aliphatic heterocycles. The maximum atomic E-state index is 13.1. The van der Waals surface area contributed by atoms with Crippen molar-refractivity contribution in [2.24, 2.45) is 0 Å². The van der Waals surface area contributed by atoms with Gasteiger partial charge in [0.25, 0.3) is 0 Å². The average Bonchev–Trinajstić information content (AvgIpc) is 2.49. The van der Waals surface area contributed by atoms with Gasteiger partial charge >= 0.3 is 0 Å². The Kier molecular flexibility index (Phi) is 3.83. The van der Waals surface area contributed by atoms with Crippen molar-refractivity contribution in [2.45, 2.75) is 0 Å². The Labute approximate surface area is 118 Å². The lowest BCUT2D eigenvalue weighted by Gasteiger charge is -2.29. The van der Waals surface area contributed by atoms with Gasteiger partial charge in [0, 0.05) is 37.9 Å². The first-order valence-corrected chi connectivity index (χ1v) is 6.80. The van der Waals surface area contributed by atoms with Gasteiger partial charge in [-0.1, -0.05) is 6.07 Å². The number of nitrogens with one attached hydrogen (secondary N) is 1. The van der Waals surface area contributed by atoms with Crippen LogP contribution in [0.2, 0.25) is 0 Å². The van der Waals surface area contributed by atoms with Gasteiger partial charge < -0.3 is 15.0 Å². The lowest BCUT2D eigenvalue weighted by atomic mass is 10.2. The van der Waals surface area contributed by atoms with E-state index in [1.54, 1.807) is 12.1 Å². The van der Waals surface area contributed by atoms with Crippen LogP contribution in [0.25, 0.3) is 0 Å². The molecule has 0 radical (unpaired) electrons. The van der Waals surface area contributed by atoms with Crippen molar-refractivity contribution in [3.05, 3.63) is 54.3 Å². The van der Waals surface area contributed by atoms with Gasteiger partial charge in [0.1, 0.15) is 17.3 Å². The van der Waals surface area contributed by atoms with Crippen LogP contribution in [0.5, 0.6) is 11.5 Å². The van der Waals surface area contributed by atoms with E-state index in [0.717, 1.165) is 31.9 Å². The zero-order valence-corrected chi connectivity index (χ0v) is 11.2. The van der Waals surface area contributed by atoms with E-state index in [0.29, 0.717) is 5.75 Å². The topological polar surface area (TPSA) is 24.5 Å². The molecular formula is C16H17FN2O. The third kappa shape index (κ3) is 3.08. The van der Waals surface area contributed by atoms with Gasteiger partial charge in [-0.3, -0.25) is 0 Å². The summed E-state index contributed by atoms with van der Waals surface area (Å²) >= 11 is 0. The third-order valence-electron chi connectivity index (χ3n) is 3.35. The fraction of sp³-hybridized carbons (Fsp3) is 0.250. The third-order valence-corrected chi connectivity index (χ3v) is 3.35. The Bertz CT molecular complexity index is 565. The molecule has 2 aromatic rings. The first kappa shape index (κ1) is 12.9. The van der Waals surface area contributed by atoms with Crippen molar-refractivity contribution in [2.75, 3.05) is 31.1 Å². The number of ether oxygens (including phenoxy) is 1. The number of benzene rings is 2. The smallest absolute Gasteiger partial charge is 0.130 e. The Balaban J connectivity index is 1.69. The van der Waals surface area contributed by atoms with Gasteiger partial charge in [-0.15, -0.1) is 0 Å². The molecular weight excluding hydrogens is 255 g/mol. The Morgan fingerprint density at radius 2 is 1.70 bits per heavy atom. The number of nitrogens with zero attached hydrogens (tertiary/aromatic N) is 1. The summed E-state index contributed by atoms with van der Waals surface area (Å²) in [4.78, 5) is 2.34. The Hall–Kier alpha value is -2.07. The summed E-state index contributed by atoms with van der Waals surface area (Å²) in [5.41, 5.74) is 1.19.